The minimum atomic E-state index is -1.31. The van der Waals surface area contributed by atoms with E-state index in [9.17, 15) is 14.7 Å². The van der Waals surface area contributed by atoms with E-state index >= 15 is 0 Å². The first-order chi connectivity index (χ1) is 11.4. The zero-order chi connectivity index (χ0) is 18.0. The van der Waals surface area contributed by atoms with Gasteiger partial charge in [0, 0.05) is 13.0 Å². The topological polar surface area (TPSA) is 84.9 Å². The quantitative estimate of drug-likeness (QED) is 0.636. The fraction of sp³-hybridized carbons (Fsp3) is 0.556. The summed E-state index contributed by atoms with van der Waals surface area (Å²) in [5.41, 5.74) is -0.171. The van der Waals surface area contributed by atoms with Gasteiger partial charge in [-0.3, -0.25) is 9.59 Å². The van der Waals surface area contributed by atoms with Crippen LogP contribution in [0.25, 0.3) is 0 Å². The first-order valence-electron chi connectivity index (χ1n) is 8.14. The van der Waals surface area contributed by atoms with Crippen LogP contribution in [-0.4, -0.2) is 42.8 Å². The number of aryl methyl sites for hydroxylation is 1. The van der Waals surface area contributed by atoms with E-state index in [0.29, 0.717) is 12.8 Å². The highest BCUT2D eigenvalue weighted by atomic mass is 16.5. The Labute approximate surface area is 143 Å². The lowest BCUT2D eigenvalue weighted by Crippen LogP contribution is -2.42. The summed E-state index contributed by atoms with van der Waals surface area (Å²) < 4.78 is 9.89. The lowest BCUT2D eigenvalue weighted by Gasteiger charge is -2.22. The second kappa shape index (κ2) is 9.93. The molecule has 1 aromatic rings. The molecule has 6 heteroatoms. The highest BCUT2D eigenvalue weighted by Gasteiger charge is 2.25. The molecule has 0 radical (unpaired) electrons. The zero-order valence-corrected chi connectivity index (χ0v) is 14.6. The van der Waals surface area contributed by atoms with Gasteiger partial charge in [-0.25, -0.2) is 0 Å². The average Bonchev–Trinajstić information content (AvgIpc) is 2.53. The molecule has 134 valence electrons. The van der Waals surface area contributed by atoms with Crippen molar-refractivity contribution in [2.45, 2.75) is 45.1 Å². The molecule has 0 bridgehead atoms. The van der Waals surface area contributed by atoms with Crippen LogP contribution < -0.4 is 10.1 Å². The SMILES string of the molecule is CCOC(=O)C[C@](C)(O)CNC(=O)CCCc1ccc(OC)cc1. The number of amides is 1. The van der Waals surface area contributed by atoms with E-state index in [0.717, 1.165) is 17.7 Å². The Morgan fingerprint density at radius 2 is 1.92 bits per heavy atom. The molecule has 0 unspecified atom stereocenters. The molecule has 1 rings (SSSR count). The summed E-state index contributed by atoms with van der Waals surface area (Å²) in [4.78, 5) is 23.2. The van der Waals surface area contributed by atoms with Gasteiger partial charge < -0.3 is 19.9 Å². The zero-order valence-electron chi connectivity index (χ0n) is 14.6. The minimum absolute atomic E-state index is 0.0210. The number of nitrogens with one attached hydrogen (secondary N) is 1. The van der Waals surface area contributed by atoms with E-state index in [-0.39, 0.29) is 25.5 Å². The predicted molar refractivity (Wildman–Crippen MR) is 90.8 cm³/mol. The molecule has 6 nitrogen and oxygen atoms in total. The Hall–Kier alpha value is -2.08. The maximum absolute atomic E-state index is 11.8. The van der Waals surface area contributed by atoms with Gasteiger partial charge in [-0.2, -0.15) is 0 Å². The Kier molecular flexibility index (Phi) is 8.26. The summed E-state index contributed by atoms with van der Waals surface area (Å²) in [6.07, 6.45) is 1.71. The van der Waals surface area contributed by atoms with E-state index in [2.05, 4.69) is 5.32 Å². The first-order valence-corrected chi connectivity index (χ1v) is 8.14. The molecule has 0 aliphatic heterocycles. The monoisotopic (exact) mass is 337 g/mol. The second-order valence-corrected chi connectivity index (χ2v) is 5.96. The third-order valence-electron chi connectivity index (χ3n) is 3.53. The number of rotatable bonds is 10. The van der Waals surface area contributed by atoms with E-state index in [4.69, 9.17) is 9.47 Å². The number of aliphatic hydroxyl groups is 1. The van der Waals surface area contributed by atoms with Crippen LogP contribution in [0.3, 0.4) is 0 Å². The standard InChI is InChI=1S/C18H27NO5/c1-4-24-17(21)12-18(2,22)13-19-16(20)7-5-6-14-8-10-15(23-3)11-9-14/h8-11,22H,4-7,12-13H2,1-3H3,(H,19,20)/t18-/m0/s1. The highest BCUT2D eigenvalue weighted by Crippen LogP contribution is 2.13. The van der Waals surface area contributed by atoms with Crippen LogP contribution in [0.4, 0.5) is 0 Å². The van der Waals surface area contributed by atoms with Crippen molar-refractivity contribution in [2.75, 3.05) is 20.3 Å². The average molecular weight is 337 g/mol. The molecule has 1 aromatic carbocycles. The van der Waals surface area contributed by atoms with E-state index in [1.54, 1.807) is 14.0 Å². The maximum atomic E-state index is 11.8. The number of benzene rings is 1. The van der Waals surface area contributed by atoms with Crippen molar-refractivity contribution in [1.82, 2.24) is 5.32 Å². The third-order valence-corrected chi connectivity index (χ3v) is 3.53. The van der Waals surface area contributed by atoms with Gasteiger partial charge in [-0.1, -0.05) is 12.1 Å². The third kappa shape index (κ3) is 7.97. The molecular formula is C18H27NO5. The number of methoxy groups -OCH3 is 1. The van der Waals surface area contributed by atoms with Crippen LogP contribution in [-0.2, 0) is 20.7 Å². The summed E-state index contributed by atoms with van der Waals surface area (Å²) in [5, 5.41) is 12.7. The van der Waals surface area contributed by atoms with Gasteiger partial charge in [0.15, 0.2) is 0 Å². The van der Waals surface area contributed by atoms with Gasteiger partial charge in [0.05, 0.1) is 25.7 Å². The molecule has 0 aromatic heterocycles. The Balaban J connectivity index is 2.26. The van der Waals surface area contributed by atoms with Gasteiger partial charge >= 0.3 is 5.97 Å². The first kappa shape index (κ1) is 20.0. The normalized spacial score (nSPS) is 13.0. The summed E-state index contributed by atoms with van der Waals surface area (Å²) in [6, 6.07) is 7.73. The van der Waals surface area contributed by atoms with Crippen LogP contribution in [0, 0.1) is 0 Å². The minimum Gasteiger partial charge on any atom is -0.497 e. The second-order valence-electron chi connectivity index (χ2n) is 5.96. The molecule has 24 heavy (non-hydrogen) atoms. The van der Waals surface area contributed by atoms with Gasteiger partial charge in [-0.15, -0.1) is 0 Å². The van der Waals surface area contributed by atoms with Crippen LogP contribution in [0.15, 0.2) is 24.3 Å². The van der Waals surface area contributed by atoms with E-state index in [1.807, 2.05) is 24.3 Å². The molecule has 0 fully saturated rings. The number of carbonyl (C=O) groups excluding carboxylic acids is 2. The summed E-state index contributed by atoms with van der Waals surface area (Å²) >= 11 is 0. The Morgan fingerprint density at radius 3 is 2.50 bits per heavy atom. The van der Waals surface area contributed by atoms with Crippen LogP contribution >= 0.6 is 0 Å². The van der Waals surface area contributed by atoms with Gasteiger partial charge in [0.25, 0.3) is 0 Å². The van der Waals surface area contributed by atoms with Crippen molar-refractivity contribution in [3.8, 4) is 5.75 Å². The summed E-state index contributed by atoms with van der Waals surface area (Å²) in [6.45, 7) is 3.50. The van der Waals surface area contributed by atoms with E-state index in [1.165, 1.54) is 6.92 Å². The molecule has 0 saturated carbocycles. The molecule has 0 aliphatic rings. The van der Waals surface area contributed by atoms with Crippen molar-refractivity contribution in [3.05, 3.63) is 29.8 Å². The largest absolute Gasteiger partial charge is 0.497 e. The smallest absolute Gasteiger partial charge is 0.308 e. The lowest BCUT2D eigenvalue weighted by atomic mass is 10.0. The molecule has 0 aliphatic carbocycles. The number of esters is 1. The van der Waals surface area contributed by atoms with Crippen molar-refractivity contribution in [3.63, 3.8) is 0 Å². The predicted octanol–water partition coefficient (Wildman–Crippen LogP) is 1.84. The van der Waals surface area contributed by atoms with Crippen molar-refractivity contribution < 1.29 is 24.2 Å². The van der Waals surface area contributed by atoms with Crippen LogP contribution in [0.1, 0.15) is 38.7 Å². The molecule has 0 spiro atoms. The van der Waals surface area contributed by atoms with Crippen LogP contribution in [0.5, 0.6) is 5.75 Å². The van der Waals surface area contributed by atoms with Crippen molar-refractivity contribution in [2.24, 2.45) is 0 Å². The van der Waals surface area contributed by atoms with Crippen LogP contribution in [0.2, 0.25) is 0 Å². The summed E-state index contributed by atoms with van der Waals surface area (Å²) in [7, 11) is 1.62. The lowest BCUT2D eigenvalue weighted by molar-refractivity contribution is -0.148. The molecular weight excluding hydrogens is 310 g/mol. The molecule has 1 atom stereocenters. The Bertz CT molecular complexity index is 525. The van der Waals surface area contributed by atoms with E-state index < -0.39 is 11.6 Å². The Morgan fingerprint density at radius 1 is 1.25 bits per heavy atom. The van der Waals surface area contributed by atoms with Crippen molar-refractivity contribution >= 4 is 11.9 Å². The maximum Gasteiger partial charge on any atom is 0.308 e. The molecule has 0 heterocycles. The van der Waals surface area contributed by atoms with Gasteiger partial charge in [-0.05, 0) is 44.4 Å². The highest BCUT2D eigenvalue weighted by molar-refractivity contribution is 5.76. The fourth-order valence-corrected chi connectivity index (χ4v) is 2.21. The number of carbonyl (C=O) groups is 2. The van der Waals surface area contributed by atoms with Crippen molar-refractivity contribution in [1.29, 1.82) is 0 Å². The fourth-order valence-electron chi connectivity index (χ4n) is 2.21. The molecule has 1 amide bonds. The number of ether oxygens (including phenoxy) is 2. The van der Waals surface area contributed by atoms with Gasteiger partial charge in [0.2, 0.25) is 5.91 Å². The molecule has 2 N–H and O–H groups in total. The number of hydrogen-bond donors (Lipinski definition) is 2. The molecule has 0 saturated heterocycles. The summed E-state index contributed by atoms with van der Waals surface area (Å²) in [5.74, 6) is 0.184. The number of hydrogen-bond acceptors (Lipinski definition) is 5. The van der Waals surface area contributed by atoms with Gasteiger partial charge in [0.1, 0.15) is 5.75 Å².